The lowest BCUT2D eigenvalue weighted by atomic mass is 10.1. The monoisotopic (exact) mass is 343 g/mol. The van der Waals surface area contributed by atoms with Gasteiger partial charge in [0, 0.05) is 25.9 Å². The quantitative estimate of drug-likeness (QED) is 0.824. The van der Waals surface area contributed by atoms with Crippen molar-refractivity contribution in [3.63, 3.8) is 0 Å². The molecule has 1 aliphatic heterocycles. The van der Waals surface area contributed by atoms with E-state index < -0.39 is 0 Å². The molecule has 2 aromatic rings. The van der Waals surface area contributed by atoms with Crippen LogP contribution in [0.4, 0.5) is 0 Å². The molecule has 1 saturated heterocycles. The third kappa shape index (κ3) is 3.98. The van der Waals surface area contributed by atoms with Crippen molar-refractivity contribution in [1.29, 1.82) is 0 Å². The molecule has 5 heteroatoms. The SMILES string of the molecule is CCOc1ccccc1OC1CCN(C(=O)c2cc(C)oc2C)CC1. The van der Waals surface area contributed by atoms with Gasteiger partial charge in [0.05, 0.1) is 12.2 Å². The third-order valence-electron chi connectivity index (χ3n) is 4.44. The summed E-state index contributed by atoms with van der Waals surface area (Å²) in [6, 6.07) is 9.55. The highest BCUT2D eigenvalue weighted by atomic mass is 16.5. The van der Waals surface area contributed by atoms with Crippen LogP contribution in [-0.2, 0) is 0 Å². The Morgan fingerprint density at radius 1 is 1.20 bits per heavy atom. The van der Waals surface area contributed by atoms with Crippen LogP contribution in [0.25, 0.3) is 0 Å². The summed E-state index contributed by atoms with van der Waals surface area (Å²) < 4.78 is 17.2. The molecule has 3 rings (SSSR count). The number of hydrogen-bond donors (Lipinski definition) is 0. The number of rotatable bonds is 5. The summed E-state index contributed by atoms with van der Waals surface area (Å²) in [5, 5.41) is 0. The van der Waals surface area contributed by atoms with Gasteiger partial charge in [0.15, 0.2) is 11.5 Å². The van der Waals surface area contributed by atoms with Crippen molar-refractivity contribution >= 4 is 5.91 Å². The zero-order valence-electron chi connectivity index (χ0n) is 15.1. The van der Waals surface area contributed by atoms with Gasteiger partial charge in [-0.1, -0.05) is 12.1 Å². The van der Waals surface area contributed by atoms with Crippen LogP contribution in [-0.4, -0.2) is 36.6 Å². The van der Waals surface area contributed by atoms with Gasteiger partial charge >= 0.3 is 0 Å². The summed E-state index contributed by atoms with van der Waals surface area (Å²) >= 11 is 0. The van der Waals surface area contributed by atoms with E-state index in [4.69, 9.17) is 13.9 Å². The molecule has 1 aliphatic rings. The number of aryl methyl sites for hydroxylation is 2. The summed E-state index contributed by atoms with van der Waals surface area (Å²) in [5.41, 5.74) is 0.665. The van der Waals surface area contributed by atoms with Crippen molar-refractivity contribution < 1.29 is 18.7 Å². The maximum atomic E-state index is 12.6. The summed E-state index contributed by atoms with van der Waals surface area (Å²) in [7, 11) is 0. The second-order valence-electron chi connectivity index (χ2n) is 6.32. The molecule has 1 fully saturated rings. The Kier molecular flexibility index (Phi) is 5.31. The predicted octanol–water partition coefficient (Wildman–Crippen LogP) is 3.98. The summed E-state index contributed by atoms with van der Waals surface area (Å²) in [4.78, 5) is 14.5. The molecule has 1 amide bonds. The van der Waals surface area contributed by atoms with Crippen molar-refractivity contribution in [2.75, 3.05) is 19.7 Å². The number of carbonyl (C=O) groups excluding carboxylic acids is 1. The Morgan fingerprint density at radius 3 is 2.48 bits per heavy atom. The molecule has 2 heterocycles. The summed E-state index contributed by atoms with van der Waals surface area (Å²) in [6.07, 6.45) is 1.71. The topological polar surface area (TPSA) is 51.9 Å². The van der Waals surface area contributed by atoms with E-state index in [1.807, 2.05) is 56.0 Å². The van der Waals surface area contributed by atoms with Crippen LogP contribution in [0, 0.1) is 13.8 Å². The van der Waals surface area contributed by atoms with Gasteiger partial charge in [0.2, 0.25) is 0 Å². The molecule has 0 unspecified atom stereocenters. The van der Waals surface area contributed by atoms with E-state index in [0.717, 1.165) is 30.1 Å². The van der Waals surface area contributed by atoms with Gasteiger partial charge in [-0.25, -0.2) is 0 Å². The molecular formula is C20H25NO4. The van der Waals surface area contributed by atoms with E-state index in [9.17, 15) is 4.79 Å². The van der Waals surface area contributed by atoms with Crippen LogP contribution >= 0.6 is 0 Å². The zero-order chi connectivity index (χ0) is 17.8. The Balaban J connectivity index is 1.59. The number of likely N-dealkylation sites (tertiary alicyclic amines) is 1. The minimum absolute atomic E-state index is 0.0440. The van der Waals surface area contributed by atoms with Crippen molar-refractivity contribution in [3.05, 3.63) is 47.4 Å². The van der Waals surface area contributed by atoms with E-state index in [1.54, 1.807) is 0 Å². The average molecular weight is 343 g/mol. The lowest BCUT2D eigenvalue weighted by Crippen LogP contribution is -2.41. The third-order valence-corrected chi connectivity index (χ3v) is 4.44. The Labute approximate surface area is 148 Å². The fraction of sp³-hybridized carbons (Fsp3) is 0.450. The number of piperidine rings is 1. The van der Waals surface area contributed by atoms with E-state index in [0.29, 0.717) is 31.0 Å². The smallest absolute Gasteiger partial charge is 0.257 e. The molecular weight excluding hydrogens is 318 g/mol. The molecule has 0 atom stereocenters. The zero-order valence-corrected chi connectivity index (χ0v) is 15.1. The average Bonchev–Trinajstić information content (AvgIpc) is 2.95. The van der Waals surface area contributed by atoms with Crippen LogP contribution in [0.2, 0.25) is 0 Å². The van der Waals surface area contributed by atoms with Gasteiger partial charge in [-0.05, 0) is 39.0 Å². The number of hydrogen-bond acceptors (Lipinski definition) is 4. The first-order valence-electron chi connectivity index (χ1n) is 8.83. The van der Waals surface area contributed by atoms with Crippen LogP contribution in [0.1, 0.15) is 41.6 Å². The maximum absolute atomic E-state index is 12.6. The molecule has 0 radical (unpaired) electrons. The van der Waals surface area contributed by atoms with Gasteiger partial charge in [-0.15, -0.1) is 0 Å². The fourth-order valence-electron chi connectivity index (χ4n) is 3.19. The molecule has 0 N–H and O–H groups in total. The first-order valence-corrected chi connectivity index (χ1v) is 8.83. The highest BCUT2D eigenvalue weighted by Gasteiger charge is 2.27. The van der Waals surface area contributed by atoms with E-state index >= 15 is 0 Å². The molecule has 0 saturated carbocycles. The van der Waals surface area contributed by atoms with Crippen LogP contribution in [0.5, 0.6) is 11.5 Å². The lowest BCUT2D eigenvalue weighted by Gasteiger charge is -2.32. The number of carbonyl (C=O) groups is 1. The maximum Gasteiger partial charge on any atom is 0.257 e. The van der Waals surface area contributed by atoms with Crippen molar-refractivity contribution in [2.45, 2.75) is 39.7 Å². The highest BCUT2D eigenvalue weighted by molar-refractivity contribution is 5.95. The first-order chi connectivity index (χ1) is 12.1. The standard InChI is InChI=1S/C20H25NO4/c1-4-23-18-7-5-6-8-19(18)25-16-9-11-21(12-10-16)20(22)17-13-14(2)24-15(17)3/h5-8,13,16H,4,9-12H2,1-3H3. The molecule has 1 aromatic heterocycles. The summed E-state index contributed by atoms with van der Waals surface area (Å²) in [6.45, 7) is 7.63. The van der Waals surface area contributed by atoms with Gasteiger partial charge < -0.3 is 18.8 Å². The second kappa shape index (κ2) is 7.64. The number of amides is 1. The second-order valence-corrected chi connectivity index (χ2v) is 6.32. The fourth-order valence-corrected chi connectivity index (χ4v) is 3.19. The number of para-hydroxylation sites is 2. The summed E-state index contributed by atoms with van der Waals surface area (Å²) in [5.74, 6) is 3.05. The highest BCUT2D eigenvalue weighted by Crippen LogP contribution is 2.29. The van der Waals surface area contributed by atoms with Crippen molar-refractivity contribution in [1.82, 2.24) is 4.90 Å². The lowest BCUT2D eigenvalue weighted by molar-refractivity contribution is 0.0588. The molecule has 1 aromatic carbocycles. The number of benzene rings is 1. The van der Waals surface area contributed by atoms with Gasteiger partial charge in [-0.3, -0.25) is 4.79 Å². The minimum atomic E-state index is 0.0440. The van der Waals surface area contributed by atoms with Crippen LogP contribution in [0.3, 0.4) is 0 Å². The Hall–Kier alpha value is -2.43. The van der Waals surface area contributed by atoms with Gasteiger partial charge in [0.25, 0.3) is 5.91 Å². The van der Waals surface area contributed by atoms with Crippen LogP contribution < -0.4 is 9.47 Å². The van der Waals surface area contributed by atoms with E-state index in [1.165, 1.54) is 0 Å². The minimum Gasteiger partial charge on any atom is -0.490 e. The molecule has 25 heavy (non-hydrogen) atoms. The molecule has 5 nitrogen and oxygen atoms in total. The molecule has 134 valence electrons. The first kappa shape index (κ1) is 17.4. The predicted molar refractivity (Wildman–Crippen MR) is 95.3 cm³/mol. The number of furan rings is 1. The van der Waals surface area contributed by atoms with Gasteiger partial charge in [0.1, 0.15) is 17.6 Å². The van der Waals surface area contributed by atoms with Crippen molar-refractivity contribution in [3.8, 4) is 11.5 Å². The van der Waals surface area contributed by atoms with E-state index in [2.05, 4.69) is 0 Å². The molecule has 0 aliphatic carbocycles. The largest absolute Gasteiger partial charge is 0.490 e. The molecule has 0 bridgehead atoms. The van der Waals surface area contributed by atoms with Gasteiger partial charge in [-0.2, -0.15) is 0 Å². The van der Waals surface area contributed by atoms with Crippen molar-refractivity contribution in [2.24, 2.45) is 0 Å². The normalized spacial score (nSPS) is 15.2. The van der Waals surface area contributed by atoms with Crippen LogP contribution in [0.15, 0.2) is 34.7 Å². The van der Waals surface area contributed by atoms with E-state index in [-0.39, 0.29) is 12.0 Å². The Bertz CT molecular complexity index is 729. The molecule has 0 spiro atoms. The Morgan fingerprint density at radius 2 is 1.88 bits per heavy atom. The number of ether oxygens (including phenoxy) is 2. The number of nitrogens with zero attached hydrogens (tertiary/aromatic N) is 1.